The third-order valence-electron chi connectivity index (χ3n) is 5.26. The zero-order valence-corrected chi connectivity index (χ0v) is 16.8. The number of hydrogen-bond donors (Lipinski definition) is 1. The molecule has 2 heterocycles. The van der Waals surface area contributed by atoms with E-state index in [9.17, 15) is 4.79 Å². The molecule has 1 aromatic carbocycles. The van der Waals surface area contributed by atoms with Gasteiger partial charge in [0.05, 0.1) is 4.91 Å². The number of carbonyl (C=O) groups excluding carboxylic acids is 1. The third-order valence-corrected chi connectivity index (χ3v) is 7.58. The molecular weight excluding hydrogens is 358 g/mol. The van der Waals surface area contributed by atoms with Crippen LogP contribution in [0.5, 0.6) is 0 Å². The largest absolute Gasteiger partial charge is 0.349 e. The Bertz CT molecular complexity index is 822. The van der Waals surface area contributed by atoms with E-state index in [0.717, 1.165) is 23.5 Å². The molecule has 0 bridgehead atoms. The molecule has 4 rings (SSSR count). The highest BCUT2D eigenvalue weighted by molar-refractivity contribution is 8.03. The summed E-state index contributed by atoms with van der Waals surface area (Å²) in [6, 6.07) is 10.7. The second-order valence-electron chi connectivity index (χ2n) is 7.25. The molecule has 0 spiro atoms. The van der Waals surface area contributed by atoms with Gasteiger partial charge in [-0.2, -0.15) is 0 Å². The summed E-state index contributed by atoms with van der Waals surface area (Å²) >= 11 is 3.62. The molecule has 2 aromatic rings. The van der Waals surface area contributed by atoms with Crippen LogP contribution in [0.3, 0.4) is 0 Å². The van der Waals surface area contributed by atoms with E-state index in [2.05, 4.69) is 42.6 Å². The number of aryl methyl sites for hydroxylation is 2. The average molecular weight is 384 g/mol. The summed E-state index contributed by atoms with van der Waals surface area (Å²) in [4.78, 5) is 16.5. The first-order valence-corrected chi connectivity index (χ1v) is 11.3. The molecule has 2 nitrogen and oxygen atoms in total. The van der Waals surface area contributed by atoms with Crippen molar-refractivity contribution in [3.8, 4) is 0 Å². The molecule has 1 aromatic heterocycles. The van der Waals surface area contributed by atoms with Crippen LogP contribution in [-0.2, 0) is 29.8 Å². The van der Waals surface area contributed by atoms with Crippen LogP contribution in [-0.4, -0.2) is 11.9 Å². The van der Waals surface area contributed by atoms with Crippen molar-refractivity contribution < 1.29 is 4.79 Å². The minimum atomic E-state index is 0.0904. The number of thiophene rings is 1. The predicted octanol–water partition coefficient (Wildman–Crippen LogP) is 5.35. The molecule has 1 atom stereocenters. The van der Waals surface area contributed by atoms with E-state index in [4.69, 9.17) is 0 Å². The summed E-state index contributed by atoms with van der Waals surface area (Å²) in [5, 5.41) is 3.19. The maximum Gasteiger partial charge on any atom is 0.257 e. The summed E-state index contributed by atoms with van der Waals surface area (Å²) in [6.07, 6.45) is 9.18. The van der Waals surface area contributed by atoms with Crippen LogP contribution in [0.4, 0.5) is 0 Å². The van der Waals surface area contributed by atoms with Crippen molar-refractivity contribution in [1.82, 2.24) is 5.32 Å². The maximum atomic E-state index is 12.7. The first-order chi connectivity index (χ1) is 12.7. The minimum Gasteiger partial charge on any atom is -0.349 e. The quantitative estimate of drug-likeness (QED) is 0.754. The standard InChI is InChI=1S/C22H25NOS2/c1-15(11-12-16-7-3-2-4-8-16)23-22(24)21-13-20-18(14-25-21)17-9-5-6-10-19(17)26-20/h2-4,7-8,13,15H,5-6,9-12,14H2,1H3,(H,23,24)/t15-/m0/s1. The van der Waals surface area contributed by atoms with E-state index in [1.165, 1.54) is 41.7 Å². The van der Waals surface area contributed by atoms with E-state index < -0.39 is 0 Å². The van der Waals surface area contributed by atoms with Gasteiger partial charge in [-0.15, -0.1) is 23.1 Å². The van der Waals surface area contributed by atoms with Gasteiger partial charge in [-0.1, -0.05) is 30.3 Å². The number of amides is 1. The first kappa shape index (κ1) is 17.9. The van der Waals surface area contributed by atoms with Crippen LogP contribution in [0.15, 0.2) is 35.2 Å². The van der Waals surface area contributed by atoms with Crippen molar-refractivity contribution in [3.05, 3.63) is 61.7 Å². The van der Waals surface area contributed by atoms with E-state index in [1.54, 1.807) is 22.2 Å². The fourth-order valence-electron chi connectivity index (χ4n) is 3.76. The van der Waals surface area contributed by atoms with Crippen LogP contribution < -0.4 is 5.32 Å². The normalized spacial score (nSPS) is 17.0. The van der Waals surface area contributed by atoms with E-state index in [-0.39, 0.29) is 11.9 Å². The van der Waals surface area contributed by atoms with Gasteiger partial charge in [0.15, 0.2) is 0 Å². The van der Waals surface area contributed by atoms with Gasteiger partial charge < -0.3 is 5.32 Å². The predicted molar refractivity (Wildman–Crippen MR) is 113 cm³/mol. The number of fused-ring (bicyclic) bond motifs is 3. The molecule has 0 radical (unpaired) electrons. The monoisotopic (exact) mass is 383 g/mol. The van der Waals surface area contributed by atoms with Crippen LogP contribution in [0.2, 0.25) is 0 Å². The van der Waals surface area contributed by atoms with Gasteiger partial charge in [-0.3, -0.25) is 4.79 Å². The smallest absolute Gasteiger partial charge is 0.257 e. The molecule has 0 saturated carbocycles. The second kappa shape index (κ2) is 8.01. The summed E-state index contributed by atoms with van der Waals surface area (Å²) in [5.41, 5.74) is 4.42. The van der Waals surface area contributed by atoms with Gasteiger partial charge in [0, 0.05) is 21.5 Å². The molecule has 4 heteroatoms. The van der Waals surface area contributed by atoms with Crippen molar-refractivity contribution >= 4 is 35.1 Å². The summed E-state index contributed by atoms with van der Waals surface area (Å²) in [6.45, 7) is 2.10. The number of thioether (sulfide) groups is 1. The van der Waals surface area contributed by atoms with Crippen molar-refractivity contribution in [3.63, 3.8) is 0 Å². The zero-order chi connectivity index (χ0) is 17.9. The Hall–Kier alpha value is -1.52. The van der Waals surface area contributed by atoms with Crippen molar-refractivity contribution in [2.45, 2.75) is 57.2 Å². The topological polar surface area (TPSA) is 29.1 Å². The van der Waals surface area contributed by atoms with Gasteiger partial charge in [-0.25, -0.2) is 0 Å². The number of carbonyl (C=O) groups is 1. The second-order valence-corrected chi connectivity index (χ2v) is 9.40. The number of benzene rings is 1. The Balaban J connectivity index is 1.38. The average Bonchev–Trinajstić information content (AvgIpc) is 3.05. The Morgan fingerprint density at radius 3 is 2.81 bits per heavy atom. The molecule has 1 aliphatic carbocycles. The molecule has 0 fully saturated rings. The molecule has 0 unspecified atom stereocenters. The lowest BCUT2D eigenvalue weighted by Gasteiger charge is -2.18. The van der Waals surface area contributed by atoms with Crippen LogP contribution in [0.1, 0.15) is 52.6 Å². The van der Waals surface area contributed by atoms with E-state index >= 15 is 0 Å². The van der Waals surface area contributed by atoms with Gasteiger partial charge in [0.1, 0.15) is 0 Å². The van der Waals surface area contributed by atoms with Gasteiger partial charge in [0.2, 0.25) is 0 Å². The van der Waals surface area contributed by atoms with Crippen molar-refractivity contribution in [1.29, 1.82) is 0 Å². The third kappa shape index (κ3) is 3.91. The van der Waals surface area contributed by atoms with Crippen molar-refractivity contribution in [2.75, 3.05) is 0 Å². The highest BCUT2D eigenvalue weighted by atomic mass is 32.2. The first-order valence-electron chi connectivity index (χ1n) is 9.53. The van der Waals surface area contributed by atoms with Crippen molar-refractivity contribution in [2.24, 2.45) is 0 Å². The molecule has 26 heavy (non-hydrogen) atoms. The molecule has 1 N–H and O–H groups in total. The number of rotatable bonds is 5. The van der Waals surface area contributed by atoms with Gasteiger partial charge in [-0.05, 0) is 68.2 Å². The molecule has 1 aliphatic heterocycles. The SMILES string of the molecule is C[C@@H](CCc1ccccc1)NC(=O)C1=Cc2sc3c(c2CS1)CCCC3. The summed E-state index contributed by atoms with van der Waals surface area (Å²) in [5.74, 6) is 1.05. The van der Waals surface area contributed by atoms with E-state index in [1.807, 2.05) is 17.4 Å². The molecule has 2 aliphatic rings. The lowest BCUT2D eigenvalue weighted by Crippen LogP contribution is -2.33. The molecular formula is C22H25NOS2. The lowest BCUT2D eigenvalue weighted by molar-refractivity contribution is -0.117. The van der Waals surface area contributed by atoms with E-state index in [0.29, 0.717) is 0 Å². The van der Waals surface area contributed by atoms with Gasteiger partial charge in [0.25, 0.3) is 5.91 Å². The lowest BCUT2D eigenvalue weighted by atomic mass is 9.95. The highest BCUT2D eigenvalue weighted by Crippen LogP contribution is 2.42. The van der Waals surface area contributed by atoms with Crippen LogP contribution in [0, 0.1) is 0 Å². The van der Waals surface area contributed by atoms with Crippen LogP contribution >= 0.6 is 23.1 Å². The summed E-state index contributed by atoms with van der Waals surface area (Å²) < 4.78 is 0. The Kier molecular flexibility index (Phi) is 5.51. The highest BCUT2D eigenvalue weighted by Gasteiger charge is 2.25. The Morgan fingerprint density at radius 2 is 1.96 bits per heavy atom. The molecule has 1 amide bonds. The van der Waals surface area contributed by atoms with Gasteiger partial charge >= 0.3 is 0 Å². The fourth-order valence-corrected chi connectivity index (χ4v) is 6.31. The Labute approximate surface area is 164 Å². The maximum absolute atomic E-state index is 12.7. The molecule has 136 valence electrons. The fraction of sp³-hybridized carbons (Fsp3) is 0.409. The van der Waals surface area contributed by atoms with Crippen LogP contribution in [0.25, 0.3) is 6.08 Å². The minimum absolute atomic E-state index is 0.0904. The zero-order valence-electron chi connectivity index (χ0n) is 15.2. The molecule has 0 saturated heterocycles. The number of nitrogens with one attached hydrogen (secondary N) is 1. The Morgan fingerprint density at radius 1 is 1.15 bits per heavy atom. The summed E-state index contributed by atoms with van der Waals surface area (Å²) in [7, 11) is 0. The number of hydrogen-bond acceptors (Lipinski definition) is 3.